The summed E-state index contributed by atoms with van der Waals surface area (Å²) in [6.07, 6.45) is -0.794. The SMILES string of the molecule is CC(Oc1ccc2ccccc2c1)C(=O)NNC(=O)c1cc2ccccc2o1. The lowest BCUT2D eigenvalue weighted by Crippen LogP contribution is -2.47. The minimum absolute atomic E-state index is 0.115. The first-order valence-corrected chi connectivity index (χ1v) is 8.84. The average Bonchev–Trinajstić information content (AvgIpc) is 3.16. The zero-order valence-corrected chi connectivity index (χ0v) is 15.1. The summed E-state index contributed by atoms with van der Waals surface area (Å²) in [7, 11) is 0. The van der Waals surface area contributed by atoms with E-state index in [4.69, 9.17) is 9.15 Å². The van der Waals surface area contributed by atoms with Crippen LogP contribution in [0.2, 0.25) is 0 Å². The van der Waals surface area contributed by atoms with Crippen molar-refractivity contribution in [2.45, 2.75) is 13.0 Å². The van der Waals surface area contributed by atoms with Crippen LogP contribution in [0.3, 0.4) is 0 Å². The molecule has 6 nitrogen and oxygen atoms in total. The topological polar surface area (TPSA) is 80.6 Å². The molecule has 2 amide bonds. The first-order valence-electron chi connectivity index (χ1n) is 8.84. The van der Waals surface area contributed by atoms with Gasteiger partial charge < -0.3 is 9.15 Å². The molecule has 3 aromatic carbocycles. The zero-order valence-electron chi connectivity index (χ0n) is 15.1. The average molecular weight is 374 g/mol. The molecule has 4 aromatic rings. The summed E-state index contributed by atoms with van der Waals surface area (Å²) in [5.74, 6) is -0.324. The number of hydrazine groups is 1. The zero-order chi connectivity index (χ0) is 19.5. The number of carbonyl (C=O) groups excluding carboxylic acids is 2. The fraction of sp³-hybridized carbons (Fsp3) is 0.0909. The summed E-state index contributed by atoms with van der Waals surface area (Å²) in [6.45, 7) is 1.61. The van der Waals surface area contributed by atoms with Crippen LogP contribution in [0.4, 0.5) is 0 Å². The van der Waals surface area contributed by atoms with Crippen LogP contribution in [0.1, 0.15) is 17.5 Å². The highest BCUT2D eigenvalue weighted by atomic mass is 16.5. The van der Waals surface area contributed by atoms with E-state index in [0.717, 1.165) is 16.2 Å². The van der Waals surface area contributed by atoms with Crippen molar-refractivity contribution in [1.82, 2.24) is 10.9 Å². The number of benzene rings is 3. The van der Waals surface area contributed by atoms with Crippen molar-refractivity contribution < 1.29 is 18.7 Å². The maximum atomic E-state index is 12.2. The molecule has 0 aliphatic heterocycles. The summed E-state index contributed by atoms with van der Waals surface area (Å²) in [5, 5.41) is 2.92. The Balaban J connectivity index is 1.36. The fourth-order valence-corrected chi connectivity index (χ4v) is 2.87. The number of para-hydroxylation sites is 1. The summed E-state index contributed by atoms with van der Waals surface area (Å²) >= 11 is 0. The molecule has 0 saturated heterocycles. The standard InChI is InChI=1S/C22H18N2O4/c1-14(27-18-11-10-15-6-2-3-7-16(15)12-18)21(25)23-24-22(26)20-13-17-8-4-5-9-19(17)28-20/h2-14H,1H3,(H,23,25)(H,24,26). The molecule has 0 bridgehead atoms. The van der Waals surface area contributed by atoms with Crippen LogP contribution in [0.25, 0.3) is 21.7 Å². The molecule has 140 valence electrons. The Morgan fingerprint density at radius 2 is 1.57 bits per heavy atom. The second-order valence-electron chi connectivity index (χ2n) is 6.36. The number of carbonyl (C=O) groups is 2. The van der Waals surface area contributed by atoms with Crippen molar-refractivity contribution in [3.63, 3.8) is 0 Å². The van der Waals surface area contributed by atoms with Crippen molar-refractivity contribution in [1.29, 1.82) is 0 Å². The molecule has 1 heterocycles. The number of hydrogen-bond donors (Lipinski definition) is 2. The number of amides is 2. The van der Waals surface area contributed by atoms with E-state index in [2.05, 4.69) is 10.9 Å². The third kappa shape index (κ3) is 3.66. The van der Waals surface area contributed by atoms with Crippen LogP contribution < -0.4 is 15.6 Å². The van der Waals surface area contributed by atoms with E-state index in [-0.39, 0.29) is 5.76 Å². The predicted octanol–water partition coefficient (Wildman–Crippen LogP) is 3.81. The predicted molar refractivity (Wildman–Crippen MR) is 106 cm³/mol. The molecule has 0 aliphatic rings. The maximum absolute atomic E-state index is 12.2. The smallest absolute Gasteiger partial charge is 0.305 e. The molecular weight excluding hydrogens is 356 g/mol. The summed E-state index contributed by atoms with van der Waals surface area (Å²) in [6, 6.07) is 22.4. The molecule has 28 heavy (non-hydrogen) atoms. The van der Waals surface area contributed by atoms with Crippen molar-refractivity contribution in [3.8, 4) is 5.75 Å². The van der Waals surface area contributed by atoms with Gasteiger partial charge in [0.1, 0.15) is 11.3 Å². The minimum atomic E-state index is -0.794. The van der Waals surface area contributed by atoms with Crippen LogP contribution in [0, 0.1) is 0 Å². The first kappa shape index (κ1) is 17.6. The van der Waals surface area contributed by atoms with Crippen molar-refractivity contribution in [2.24, 2.45) is 0 Å². The number of nitrogens with one attached hydrogen (secondary N) is 2. The number of fused-ring (bicyclic) bond motifs is 2. The van der Waals surface area contributed by atoms with Gasteiger partial charge >= 0.3 is 5.91 Å². The Labute approximate surface area is 161 Å². The van der Waals surface area contributed by atoms with Gasteiger partial charge in [0, 0.05) is 5.39 Å². The first-order chi connectivity index (χ1) is 13.6. The largest absolute Gasteiger partial charge is 0.481 e. The van der Waals surface area contributed by atoms with Gasteiger partial charge in [-0.15, -0.1) is 0 Å². The Morgan fingerprint density at radius 1 is 0.857 bits per heavy atom. The van der Waals surface area contributed by atoms with Crippen molar-refractivity contribution in [3.05, 3.63) is 78.6 Å². The third-order valence-electron chi connectivity index (χ3n) is 4.35. The normalized spacial score (nSPS) is 11.9. The van der Waals surface area contributed by atoms with Crippen LogP contribution in [0.15, 0.2) is 77.2 Å². The Kier molecular flexibility index (Phi) is 4.68. The molecular formula is C22H18N2O4. The number of hydrogen-bond acceptors (Lipinski definition) is 4. The summed E-state index contributed by atoms with van der Waals surface area (Å²) < 4.78 is 11.1. The highest BCUT2D eigenvalue weighted by Crippen LogP contribution is 2.21. The Bertz CT molecular complexity index is 1130. The fourth-order valence-electron chi connectivity index (χ4n) is 2.87. The lowest BCUT2D eigenvalue weighted by atomic mass is 10.1. The molecule has 0 aliphatic carbocycles. The minimum Gasteiger partial charge on any atom is -0.481 e. The summed E-state index contributed by atoms with van der Waals surface area (Å²) in [5.41, 5.74) is 5.31. The molecule has 6 heteroatoms. The van der Waals surface area contributed by atoms with E-state index < -0.39 is 17.9 Å². The lowest BCUT2D eigenvalue weighted by Gasteiger charge is -2.15. The monoisotopic (exact) mass is 374 g/mol. The molecule has 1 atom stereocenters. The molecule has 2 N–H and O–H groups in total. The van der Waals surface area contributed by atoms with Gasteiger partial charge in [0.25, 0.3) is 5.91 Å². The Hall–Kier alpha value is -3.80. The molecule has 0 fully saturated rings. The van der Waals surface area contributed by atoms with Crippen molar-refractivity contribution in [2.75, 3.05) is 0 Å². The molecule has 0 radical (unpaired) electrons. The van der Waals surface area contributed by atoms with Gasteiger partial charge in [-0.3, -0.25) is 20.4 Å². The molecule has 0 spiro atoms. The Morgan fingerprint density at radius 3 is 2.36 bits per heavy atom. The lowest BCUT2D eigenvalue weighted by molar-refractivity contribution is -0.128. The third-order valence-corrected chi connectivity index (χ3v) is 4.35. The van der Waals surface area contributed by atoms with Gasteiger partial charge in [-0.2, -0.15) is 0 Å². The molecule has 1 aromatic heterocycles. The summed E-state index contributed by atoms with van der Waals surface area (Å²) in [4.78, 5) is 24.4. The second-order valence-corrected chi connectivity index (χ2v) is 6.36. The highest BCUT2D eigenvalue weighted by molar-refractivity contribution is 5.97. The van der Waals surface area contributed by atoms with E-state index in [1.807, 2.05) is 54.6 Å². The highest BCUT2D eigenvalue weighted by Gasteiger charge is 2.17. The van der Waals surface area contributed by atoms with Crippen LogP contribution in [-0.4, -0.2) is 17.9 Å². The quantitative estimate of drug-likeness (QED) is 0.532. The van der Waals surface area contributed by atoms with Crippen LogP contribution in [0.5, 0.6) is 5.75 Å². The van der Waals surface area contributed by atoms with E-state index in [9.17, 15) is 9.59 Å². The number of ether oxygens (including phenoxy) is 1. The van der Waals surface area contributed by atoms with Crippen LogP contribution >= 0.6 is 0 Å². The van der Waals surface area contributed by atoms with Gasteiger partial charge in [0.05, 0.1) is 0 Å². The van der Waals surface area contributed by atoms with Crippen molar-refractivity contribution >= 4 is 33.6 Å². The molecule has 1 unspecified atom stereocenters. The number of rotatable bonds is 4. The van der Waals surface area contributed by atoms with E-state index >= 15 is 0 Å². The van der Waals surface area contributed by atoms with Gasteiger partial charge in [-0.1, -0.05) is 48.5 Å². The van der Waals surface area contributed by atoms with Gasteiger partial charge in [0.2, 0.25) is 0 Å². The second kappa shape index (κ2) is 7.44. The molecule has 0 saturated carbocycles. The van der Waals surface area contributed by atoms with Crippen LogP contribution in [-0.2, 0) is 4.79 Å². The number of furan rings is 1. The van der Waals surface area contributed by atoms with E-state index in [1.54, 1.807) is 25.1 Å². The van der Waals surface area contributed by atoms with Gasteiger partial charge in [-0.05, 0) is 42.0 Å². The van der Waals surface area contributed by atoms with Gasteiger partial charge in [0.15, 0.2) is 11.9 Å². The maximum Gasteiger partial charge on any atom is 0.305 e. The van der Waals surface area contributed by atoms with E-state index in [0.29, 0.717) is 11.3 Å². The van der Waals surface area contributed by atoms with E-state index in [1.165, 1.54) is 0 Å². The van der Waals surface area contributed by atoms with Gasteiger partial charge in [-0.25, -0.2) is 0 Å². The molecule has 4 rings (SSSR count).